The number of hydrogen-bond donors (Lipinski definition) is 1. The number of aliphatic hydroxyl groups is 1. The molecule has 142 valence electrons. The SMILES string of the molecule is CC(C)(C)c1ccc(OCC(O)Cn2cnc(C(C)(C)C)cc2=O)cc1. The minimum atomic E-state index is -0.794. The molecule has 1 aromatic heterocycles. The second kappa shape index (κ2) is 7.62. The van der Waals surface area contributed by atoms with Crippen molar-refractivity contribution in [3.05, 3.63) is 58.3 Å². The smallest absolute Gasteiger partial charge is 0.253 e. The van der Waals surface area contributed by atoms with Crippen LogP contribution < -0.4 is 10.3 Å². The second-order valence-corrected chi connectivity index (χ2v) is 8.75. The Bertz CT molecular complexity index is 781. The van der Waals surface area contributed by atoms with E-state index >= 15 is 0 Å². The molecule has 5 nitrogen and oxygen atoms in total. The maximum absolute atomic E-state index is 12.2. The summed E-state index contributed by atoms with van der Waals surface area (Å²) in [7, 11) is 0. The lowest BCUT2D eigenvalue weighted by Crippen LogP contribution is -2.31. The molecule has 0 fully saturated rings. The largest absolute Gasteiger partial charge is 0.491 e. The van der Waals surface area contributed by atoms with E-state index in [0.29, 0.717) is 5.75 Å². The summed E-state index contributed by atoms with van der Waals surface area (Å²) in [6, 6.07) is 9.39. The normalized spacial score (nSPS) is 13.5. The summed E-state index contributed by atoms with van der Waals surface area (Å²) in [5.41, 5.74) is 1.70. The lowest BCUT2D eigenvalue weighted by molar-refractivity contribution is 0.0912. The molecule has 1 unspecified atom stereocenters. The zero-order valence-corrected chi connectivity index (χ0v) is 16.6. The van der Waals surface area contributed by atoms with Gasteiger partial charge in [0.25, 0.3) is 5.56 Å². The molecular weight excluding hydrogens is 328 g/mol. The highest BCUT2D eigenvalue weighted by molar-refractivity contribution is 5.31. The Morgan fingerprint density at radius 1 is 1.08 bits per heavy atom. The van der Waals surface area contributed by atoms with Gasteiger partial charge in [0, 0.05) is 11.5 Å². The Kier molecular flexibility index (Phi) is 5.91. The number of rotatable bonds is 5. The van der Waals surface area contributed by atoms with Gasteiger partial charge >= 0.3 is 0 Å². The molecule has 5 heteroatoms. The summed E-state index contributed by atoms with van der Waals surface area (Å²) < 4.78 is 7.05. The van der Waals surface area contributed by atoms with Crippen molar-refractivity contribution >= 4 is 0 Å². The van der Waals surface area contributed by atoms with Crippen LogP contribution in [0.2, 0.25) is 0 Å². The van der Waals surface area contributed by atoms with Crippen LogP contribution in [-0.2, 0) is 17.4 Å². The third kappa shape index (κ3) is 5.43. The summed E-state index contributed by atoms with van der Waals surface area (Å²) in [5, 5.41) is 10.2. The molecule has 0 spiro atoms. The van der Waals surface area contributed by atoms with E-state index < -0.39 is 6.10 Å². The minimum Gasteiger partial charge on any atom is -0.491 e. The van der Waals surface area contributed by atoms with Gasteiger partial charge in [-0.3, -0.25) is 9.36 Å². The van der Waals surface area contributed by atoms with Crippen LogP contribution in [0.25, 0.3) is 0 Å². The fraction of sp³-hybridized carbons (Fsp3) is 0.524. The van der Waals surface area contributed by atoms with E-state index in [1.807, 2.05) is 45.0 Å². The minimum absolute atomic E-state index is 0.0887. The highest BCUT2D eigenvalue weighted by Gasteiger charge is 2.17. The lowest BCUT2D eigenvalue weighted by atomic mass is 9.87. The Morgan fingerprint density at radius 3 is 2.19 bits per heavy atom. The highest BCUT2D eigenvalue weighted by Crippen LogP contribution is 2.24. The van der Waals surface area contributed by atoms with Gasteiger partial charge in [-0.05, 0) is 23.1 Å². The van der Waals surface area contributed by atoms with E-state index in [1.165, 1.54) is 22.5 Å². The molecule has 1 aromatic carbocycles. The van der Waals surface area contributed by atoms with E-state index in [9.17, 15) is 9.90 Å². The Balaban J connectivity index is 1.95. The van der Waals surface area contributed by atoms with Crippen LogP contribution in [0.15, 0.2) is 41.5 Å². The summed E-state index contributed by atoms with van der Waals surface area (Å²) in [5.74, 6) is 0.700. The van der Waals surface area contributed by atoms with E-state index in [4.69, 9.17) is 4.74 Å². The van der Waals surface area contributed by atoms with Crippen molar-refractivity contribution in [1.82, 2.24) is 9.55 Å². The first-order valence-electron chi connectivity index (χ1n) is 8.95. The van der Waals surface area contributed by atoms with Crippen molar-refractivity contribution in [2.45, 2.75) is 65.0 Å². The maximum Gasteiger partial charge on any atom is 0.253 e. The molecule has 0 saturated carbocycles. The molecule has 0 aliphatic heterocycles. The predicted octanol–water partition coefficient (Wildman–Crippen LogP) is 3.28. The molecule has 1 heterocycles. The van der Waals surface area contributed by atoms with Crippen LogP contribution >= 0.6 is 0 Å². The Hall–Kier alpha value is -2.14. The first kappa shape index (κ1) is 20.2. The topological polar surface area (TPSA) is 64.3 Å². The van der Waals surface area contributed by atoms with Gasteiger partial charge in [0.1, 0.15) is 18.5 Å². The van der Waals surface area contributed by atoms with Crippen LogP contribution in [0.3, 0.4) is 0 Å². The molecule has 0 saturated heterocycles. The quantitative estimate of drug-likeness (QED) is 0.891. The number of aromatic nitrogens is 2. The fourth-order valence-corrected chi connectivity index (χ4v) is 2.50. The molecule has 0 aliphatic rings. The molecule has 1 N–H and O–H groups in total. The zero-order valence-electron chi connectivity index (χ0n) is 16.6. The van der Waals surface area contributed by atoms with Gasteiger partial charge < -0.3 is 9.84 Å². The van der Waals surface area contributed by atoms with Crippen molar-refractivity contribution in [3.63, 3.8) is 0 Å². The van der Waals surface area contributed by atoms with Gasteiger partial charge in [0.05, 0.1) is 18.6 Å². The van der Waals surface area contributed by atoms with Gasteiger partial charge in [-0.1, -0.05) is 53.7 Å². The fourth-order valence-electron chi connectivity index (χ4n) is 2.50. The number of aliphatic hydroxyl groups excluding tert-OH is 1. The van der Waals surface area contributed by atoms with Crippen molar-refractivity contribution in [1.29, 1.82) is 0 Å². The standard InChI is InChI=1S/C21H30N2O3/c1-20(2,3)15-7-9-17(10-8-15)26-13-16(24)12-23-14-22-18(11-19(23)25)21(4,5)6/h7-11,14,16,24H,12-13H2,1-6H3. The molecule has 1 atom stereocenters. The van der Waals surface area contributed by atoms with Gasteiger partial charge in [-0.15, -0.1) is 0 Å². The molecule has 0 bridgehead atoms. The van der Waals surface area contributed by atoms with Crippen molar-refractivity contribution in [3.8, 4) is 5.75 Å². The van der Waals surface area contributed by atoms with Crippen molar-refractivity contribution in [2.24, 2.45) is 0 Å². The third-order valence-electron chi connectivity index (χ3n) is 4.22. The Labute approximate surface area is 155 Å². The number of hydrogen-bond acceptors (Lipinski definition) is 4. The number of benzene rings is 1. The van der Waals surface area contributed by atoms with E-state index in [0.717, 1.165) is 5.69 Å². The lowest BCUT2D eigenvalue weighted by Gasteiger charge is -2.20. The second-order valence-electron chi connectivity index (χ2n) is 8.75. The average molecular weight is 358 g/mol. The van der Waals surface area contributed by atoms with Crippen molar-refractivity contribution in [2.75, 3.05) is 6.61 Å². The number of nitrogens with zero attached hydrogens (tertiary/aromatic N) is 2. The van der Waals surface area contributed by atoms with E-state index in [-0.39, 0.29) is 29.5 Å². The summed E-state index contributed by atoms with van der Waals surface area (Å²) in [6.07, 6.45) is 0.696. The average Bonchev–Trinajstić information content (AvgIpc) is 2.53. The first-order valence-corrected chi connectivity index (χ1v) is 8.95. The van der Waals surface area contributed by atoms with Crippen LogP contribution in [0.1, 0.15) is 52.8 Å². The predicted molar refractivity (Wildman–Crippen MR) is 104 cm³/mol. The van der Waals surface area contributed by atoms with Crippen LogP contribution in [0, 0.1) is 0 Å². The van der Waals surface area contributed by atoms with Gasteiger partial charge in [-0.2, -0.15) is 0 Å². The Morgan fingerprint density at radius 2 is 1.69 bits per heavy atom. The van der Waals surface area contributed by atoms with Crippen LogP contribution in [0.4, 0.5) is 0 Å². The van der Waals surface area contributed by atoms with Crippen LogP contribution in [0.5, 0.6) is 5.75 Å². The maximum atomic E-state index is 12.2. The third-order valence-corrected chi connectivity index (χ3v) is 4.22. The summed E-state index contributed by atoms with van der Waals surface area (Å²) in [6.45, 7) is 12.8. The van der Waals surface area contributed by atoms with E-state index in [1.54, 1.807) is 0 Å². The molecule has 0 radical (unpaired) electrons. The molecule has 2 rings (SSSR count). The monoisotopic (exact) mass is 358 g/mol. The van der Waals surface area contributed by atoms with Crippen LogP contribution in [-0.4, -0.2) is 27.4 Å². The van der Waals surface area contributed by atoms with Gasteiger partial charge in [0.15, 0.2) is 0 Å². The molecule has 0 amide bonds. The van der Waals surface area contributed by atoms with Crippen molar-refractivity contribution < 1.29 is 9.84 Å². The van der Waals surface area contributed by atoms with E-state index in [2.05, 4.69) is 25.8 Å². The summed E-state index contributed by atoms with van der Waals surface area (Å²) >= 11 is 0. The molecular formula is C21H30N2O3. The summed E-state index contributed by atoms with van der Waals surface area (Å²) in [4.78, 5) is 16.5. The first-order chi connectivity index (χ1) is 12.0. The van der Waals surface area contributed by atoms with Gasteiger partial charge in [0.2, 0.25) is 0 Å². The molecule has 26 heavy (non-hydrogen) atoms. The molecule has 0 aliphatic carbocycles. The molecule has 2 aromatic rings. The highest BCUT2D eigenvalue weighted by atomic mass is 16.5. The van der Waals surface area contributed by atoms with Gasteiger partial charge in [-0.25, -0.2) is 4.98 Å². The number of ether oxygens (including phenoxy) is 1. The zero-order chi connectivity index (χ0) is 19.5.